The molecule has 1 aliphatic carbocycles. The van der Waals surface area contributed by atoms with Crippen molar-refractivity contribution in [1.82, 2.24) is 19.9 Å². The first kappa shape index (κ1) is 28.4. The number of fused-ring (bicyclic) bond motifs is 2. The number of ether oxygens (including phenoxy) is 1. The molecule has 1 aromatic carbocycles. The van der Waals surface area contributed by atoms with Crippen LogP contribution in [0.2, 0.25) is 0 Å². The van der Waals surface area contributed by atoms with E-state index >= 15 is 0 Å². The normalized spacial score (nSPS) is 15.0. The van der Waals surface area contributed by atoms with Gasteiger partial charge in [-0.15, -0.1) is 0 Å². The lowest BCUT2D eigenvalue weighted by molar-refractivity contribution is -0.111. The van der Waals surface area contributed by atoms with Crippen molar-refractivity contribution in [2.45, 2.75) is 38.5 Å². The second kappa shape index (κ2) is 11.4. The van der Waals surface area contributed by atoms with Gasteiger partial charge in [-0.3, -0.25) is 9.78 Å². The van der Waals surface area contributed by atoms with Crippen LogP contribution in [0.25, 0.3) is 0 Å². The molecule has 10 heteroatoms. The summed E-state index contributed by atoms with van der Waals surface area (Å²) in [6, 6.07) is 8.03. The molecule has 216 valence electrons. The Kier molecular flexibility index (Phi) is 7.86. The maximum atomic E-state index is 12.3. The molecule has 0 atom stereocenters. The molecule has 0 fully saturated rings. The minimum Gasteiger partial charge on any atom is -0.494 e. The van der Waals surface area contributed by atoms with Crippen molar-refractivity contribution in [2.75, 3.05) is 68.3 Å². The number of hydrogen-bond donors (Lipinski definition) is 2. The fraction of sp³-hybridized carbons (Fsp3) is 0.419. The number of benzene rings is 1. The van der Waals surface area contributed by atoms with Gasteiger partial charge < -0.3 is 30.1 Å². The third kappa shape index (κ3) is 5.83. The van der Waals surface area contributed by atoms with Crippen molar-refractivity contribution in [2.24, 2.45) is 0 Å². The number of anilines is 6. The molecule has 1 aliphatic heterocycles. The van der Waals surface area contributed by atoms with E-state index in [1.165, 1.54) is 17.3 Å². The number of aromatic nitrogens is 3. The van der Waals surface area contributed by atoms with Crippen molar-refractivity contribution in [3.8, 4) is 5.75 Å². The maximum absolute atomic E-state index is 12.3. The summed E-state index contributed by atoms with van der Waals surface area (Å²) in [5, 5.41) is 6.35. The van der Waals surface area contributed by atoms with E-state index in [0.29, 0.717) is 22.9 Å². The van der Waals surface area contributed by atoms with Gasteiger partial charge in [0.1, 0.15) is 23.7 Å². The Bertz CT molecular complexity index is 1470. The average Bonchev–Trinajstić information content (AvgIpc) is 3.52. The minimum absolute atomic E-state index is 0.0958. The Morgan fingerprint density at radius 3 is 2.66 bits per heavy atom. The van der Waals surface area contributed by atoms with E-state index in [-0.39, 0.29) is 11.3 Å². The van der Waals surface area contributed by atoms with Gasteiger partial charge in [-0.2, -0.15) is 0 Å². The van der Waals surface area contributed by atoms with Crippen LogP contribution in [0, 0.1) is 0 Å². The second-order valence-electron chi connectivity index (χ2n) is 11.7. The zero-order chi connectivity index (χ0) is 29.3. The Hall–Kier alpha value is -4.18. The molecule has 2 aliphatic rings. The number of likely N-dealkylation sites (N-methyl/N-ethyl adjacent to an activating group) is 2. The smallest absolute Gasteiger partial charge is 0.247 e. The number of rotatable bonds is 10. The molecule has 3 heterocycles. The quantitative estimate of drug-likeness (QED) is 0.345. The first-order chi connectivity index (χ1) is 19.6. The van der Waals surface area contributed by atoms with Crippen molar-refractivity contribution < 1.29 is 9.53 Å². The molecule has 0 unspecified atom stereocenters. The van der Waals surface area contributed by atoms with E-state index in [1.807, 2.05) is 39.3 Å². The lowest BCUT2D eigenvalue weighted by Gasteiger charge is -2.26. The Labute approximate surface area is 242 Å². The number of carbonyl (C=O) groups excluding carboxylic acids is 1. The molecular weight excluding hydrogens is 516 g/mol. The van der Waals surface area contributed by atoms with E-state index in [2.05, 4.69) is 61.8 Å². The summed E-state index contributed by atoms with van der Waals surface area (Å²) in [5.74, 6) is 1.75. The van der Waals surface area contributed by atoms with Gasteiger partial charge in [0.2, 0.25) is 5.91 Å². The van der Waals surface area contributed by atoms with Gasteiger partial charge in [-0.05, 0) is 57.1 Å². The Morgan fingerprint density at radius 2 is 1.93 bits per heavy atom. The molecule has 10 nitrogen and oxygen atoms in total. The molecular formula is C31H40N8O2. The average molecular weight is 557 g/mol. The van der Waals surface area contributed by atoms with Crippen molar-refractivity contribution in [1.29, 1.82) is 0 Å². The number of nitrogens with one attached hydrogen (secondary N) is 2. The molecule has 3 aromatic rings. The minimum atomic E-state index is -0.289. The molecule has 0 radical (unpaired) electrons. The second-order valence-corrected chi connectivity index (χ2v) is 11.7. The van der Waals surface area contributed by atoms with E-state index < -0.39 is 0 Å². The molecule has 0 saturated carbocycles. The number of pyridine rings is 1. The number of carbonyl (C=O) groups is 1. The highest BCUT2D eigenvalue weighted by molar-refractivity contribution is 6.02. The van der Waals surface area contributed by atoms with Gasteiger partial charge in [-0.25, -0.2) is 9.97 Å². The molecule has 2 aromatic heterocycles. The number of nitrogens with zero attached hydrogens (tertiary/aromatic N) is 6. The molecule has 0 spiro atoms. The summed E-state index contributed by atoms with van der Waals surface area (Å²) in [7, 11) is 7.68. The predicted octanol–water partition coefficient (Wildman–Crippen LogP) is 4.66. The first-order valence-electron chi connectivity index (χ1n) is 14.0. The number of hydrogen-bond acceptors (Lipinski definition) is 9. The number of methoxy groups -OCH3 is 1. The molecule has 0 bridgehead atoms. The fourth-order valence-corrected chi connectivity index (χ4v) is 5.53. The monoisotopic (exact) mass is 556 g/mol. The van der Waals surface area contributed by atoms with Crippen LogP contribution in [-0.2, 0) is 23.1 Å². The van der Waals surface area contributed by atoms with E-state index in [9.17, 15) is 4.79 Å². The standard InChI is InChI=1S/C31H40N8O2/c1-8-29(40)35-22-15-23(26(41-7)16-24(22)38(6)13-12-37(4)5)34-27-17-28(33-19-32-27)39-18-31(2,3)30-25(39)14-20-10-9-11-21(20)36-30/h8,14-17,19H,1,9-13,18H2,2-7H3,(H,35,40)(H,32,33,34). The topological polar surface area (TPSA) is 98.8 Å². The molecule has 2 N–H and O–H groups in total. The summed E-state index contributed by atoms with van der Waals surface area (Å²) in [6.45, 7) is 10.5. The SMILES string of the molecule is C=CC(=O)Nc1cc(Nc2cc(N3CC(C)(C)c4nc5c(cc43)CCC5)ncn2)c(OC)cc1N(C)CCN(C)C. The summed E-state index contributed by atoms with van der Waals surface area (Å²) in [4.78, 5) is 33.0. The lowest BCUT2D eigenvalue weighted by Crippen LogP contribution is -2.29. The highest BCUT2D eigenvalue weighted by Gasteiger charge is 2.39. The van der Waals surface area contributed by atoms with Gasteiger partial charge >= 0.3 is 0 Å². The lowest BCUT2D eigenvalue weighted by atomic mass is 9.91. The highest BCUT2D eigenvalue weighted by atomic mass is 16.5. The highest BCUT2D eigenvalue weighted by Crippen LogP contribution is 2.45. The number of aryl methyl sites for hydroxylation is 2. The summed E-state index contributed by atoms with van der Waals surface area (Å²) in [6.07, 6.45) is 6.12. The Balaban J connectivity index is 1.47. The summed E-state index contributed by atoms with van der Waals surface area (Å²) < 4.78 is 5.77. The largest absolute Gasteiger partial charge is 0.494 e. The van der Waals surface area contributed by atoms with Gasteiger partial charge in [0.15, 0.2) is 0 Å². The number of amides is 1. The zero-order valence-electron chi connectivity index (χ0n) is 24.9. The zero-order valence-corrected chi connectivity index (χ0v) is 24.9. The van der Waals surface area contributed by atoms with E-state index in [1.54, 1.807) is 13.4 Å². The van der Waals surface area contributed by atoms with E-state index in [0.717, 1.165) is 61.8 Å². The van der Waals surface area contributed by atoms with Gasteiger partial charge in [0.05, 0.1) is 35.6 Å². The van der Waals surface area contributed by atoms with Crippen LogP contribution < -0.4 is 25.2 Å². The van der Waals surface area contributed by atoms with Crippen LogP contribution in [0.1, 0.15) is 37.2 Å². The van der Waals surface area contributed by atoms with Crippen molar-refractivity contribution in [3.05, 3.63) is 60.2 Å². The van der Waals surface area contributed by atoms with Crippen LogP contribution in [-0.4, -0.2) is 73.6 Å². The third-order valence-electron chi connectivity index (χ3n) is 7.76. The van der Waals surface area contributed by atoms with Crippen LogP contribution in [0.15, 0.2) is 43.2 Å². The van der Waals surface area contributed by atoms with E-state index in [4.69, 9.17) is 9.72 Å². The third-order valence-corrected chi connectivity index (χ3v) is 7.76. The van der Waals surface area contributed by atoms with Gasteiger partial charge in [0.25, 0.3) is 0 Å². The summed E-state index contributed by atoms with van der Waals surface area (Å²) >= 11 is 0. The fourth-order valence-electron chi connectivity index (χ4n) is 5.53. The molecule has 41 heavy (non-hydrogen) atoms. The van der Waals surface area contributed by atoms with Crippen LogP contribution in [0.4, 0.5) is 34.4 Å². The molecule has 5 rings (SSSR count). The van der Waals surface area contributed by atoms with Gasteiger partial charge in [0, 0.05) is 49.9 Å². The van der Waals surface area contributed by atoms with Crippen molar-refractivity contribution in [3.63, 3.8) is 0 Å². The van der Waals surface area contributed by atoms with Crippen molar-refractivity contribution >= 4 is 40.3 Å². The van der Waals surface area contributed by atoms with Crippen LogP contribution in [0.3, 0.4) is 0 Å². The molecule has 0 saturated heterocycles. The van der Waals surface area contributed by atoms with Crippen LogP contribution >= 0.6 is 0 Å². The summed E-state index contributed by atoms with van der Waals surface area (Å²) in [5.41, 5.74) is 6.89. The van der Waals surface area contributed by atoms with Gasteiger partial charge in [-0.1, -0.05) is 20.4 Å². The Morgan fingerprint density at radius 1 is 1.12 bits per heavy atom. The van der Waals surface area contributed by atoms with Crippen LogP contribution in [0.5, 0.6) is 5.75 Å². The maximum Gasteiger partial charge on any atom is 0.247 e. The first-order valence-corrected chi connectivity index (χ1v) is 14.0. The predicted molar refractivity (Wildman–Crippen MR) is 165 cm³/mol. The molecule has 1 amide bonds.